The molecule has 4 rings (SSSR count). The van der Waals surface area contributed by atoms with Gasteiger partial charge in [-0.05, 0) is 79.5 Å². The van der Waals surface area contributed by atoms with E-state index in [1.54, 1.807) is 30.5 Å². The molecule has 2 aromatic carbocycles. The number of carbonyl (C=O) groups is 1. The van der Waals surface area contributed by atoms with Crippen LogP contribution in [0.4, 0.5) is 4.39 Å². The van der Waals surface area contributed by atoms with Crippen LogP contribution in [0.5, 0.6) is 11.5 Å². The zero-order chi connectivity index (χ0) is 26.7. The number of nitrogens with zero attached hydrogens (tertiary/aromatic N) is 1. The maximum absolute atomic E-state index is 13.6. The zero-order valence-electron chi connectivity index (χ0n) is 22.5. The van der Waals surface area contributed by atoms with Gasteiger partial charge in [0, 0.05) is 35.3 Å². The highest BCUT2D eigenvalue weighted by Gasteiger charge is 2.33. The molecule has 5 nitrogen and oxygen atoms in total. The Morgan fingerprint density at radius 2 is 1.95 bits per heavy atom. The van der Waals surface area contributed by atoms with Crippen molar-refractivity contribution in [3.05, 3.63) is 76.4 Å². The van der Waals surface area contributed by atoms with Gasteiger partial charge in [0.1, 0.15) is 11.5 Å². The Kier molecular flexibility index (Phi) is 7.86. The van der Waals surface area contributed by atoms with Crippen molar-refractivity contribution in [2.24, 2.45) is 5.41 Å². The van der Waals surface area contributed by atoms with Crippen molar-refractivity contribution >= 4 is 5.91 Å². The fraction of sp³-hybridized carbons (Fsp3) is 0.419. The Balaban J connectivity index is 1.62. The van der Waals surface area contributed by atoms with Crippen LogP contribution in [-0.2, 0) is 6.42 Å². The molecule has 2 heterocycles. The fourth-order valence-electron chi connectivity index (χ4n) is 5.53. The van der Waals surface area contributed by atoms with Crippen LogP contribution in [0.2, 0.25) is 0 Å². The van der Waals surface area contributed by atoms with Gasteiger partial charge in [0.25, 0.3) is 5.91 Å². The maximum Gasteiger partial charge on any atom is 0.255 e. The van der Waals surface area contributed by atoms with Crippen molar-refractivity contribution < 1.29 is 19.0 Å². The molecule has 1 aromatic heterocycles. The third kappa shape index (κ3) is 5.63. The molecule has 3 aromatic rings. The molecule has 0 bridgehead atoms. The highest BCUT2D eigenvalue weighted by atomic mass is 19.1. The molecule has 37 heavy (non-hydrogen) atoms. The summed E-state index contributed by atoms with van der Waals surface area (Å²) in [5.74, 6) is 0.465. The SMILES string of the molecule is CCCC1COc2c(-c3ccc(F)nc3)c(C)c(CC(C)(C)CCNC(=O)c3ccccc3O)c(C)c21. The summed E-state index contributed by atoms with van der Waals surface area (Å²) in [4.78, 5) is 16.5. The predicted molar refractivity (Wildman–Crippen MR) is 145 cm³/mol. The Morgan fingerprint density at radius 3 is 2.62 bits per heavy atom. The number of pyridine rings is 1. The molecule has 1 aliphatic rings. The number of amides is 1. The lowest BCUT2D eigenvalue weighted by atomic mass is 9.76. The first-order valence-electron chi connectivity index (χ1n) is 13.1. The Hall–Kier alpha value is -3.41. The summed E-state index contributed by atoms with van der Waals surface area (Å²) in [6, 6.07) is 9.75. The molecule has 1 atom stereocenters. The average molecular weight is 505 g/mol. The highest BCUT2D eigenvalue weighted by Crippen LogP contribution is 2.49. The van der Waals surface area contributed by atoms with E-state index in [9.17, 15) is 14.3 Å². The number of rotatable bonds is 9. The topological polar surface area (TPSA) is 71.5 Å². The number of aromatic nitrogens is 1. The van der Waals surface area contributed by atoms with E-state index in [-0.39, 0.29) is 22.6 Å². The van der Waals surface area contributed by atoms with E-state index in [1.807, 2.05) is 0 Å². The van der Waals surface area contributed by atoms with E-state index in [1.165, 1.54) is 28.8 Å². The molecule has 1 aliphatic heterocycles. The van der Waals surface area contributed by atoms with Gasteiger partial charge in [0.15, 0.2) is 0 Å². The van der Waals surface area contributed by atoms with Crippen molar-refractivity contribution in [3.63, 3.8) is 0 Å². The number of hydrogen-bond donors (Lipinski definition) is 2. The summed E-state index contributed by atoms with van der Waals surface area (Å²) in [7, 11) is 0. The van der Waals surface area contributed by atoms with Gasteiger partial charge in [-0.1, -0.05) is 39.3 Å². The van der Waals surface area contributed by atoms with Crippen LogP contribution in [0.1, 0.15) is 78.6 Å². The minimum atomic E-state index is -0.498. The fourth-order valence-corrected chi connectivity index (χ4v) is 5.53. The molecule has 0 spiro atoms. The van der Waals surface area contributed by atoms with Crippen LogP contribution >= 0.6 is 0 Å². The van der Waals surface area contributed by atoms with Gasteiger partial charge in [-0.15, -0.1) is 0 Å². The second kappa shape index (κ2) is 10.9. The Labute approximate surface area is 219 Å². The van der Waals surface area contributed by atoms with Gasteiger partial charge in [0.05, 0.1) is 12.2 Å². The third-order valence-corrected chi connectivity index (χ3v) is 7.54. The minimum absolute atomic E-state index is 0.0182. The lowest BCUT2D eigenvalue weighted by Crippen LogP contribution is -2.29. The van der Waals surface area contributed by atoms with E-state index in [0.29, 0.717) is 19.1 Å². The molecule has 0 aliphatic carbocycles. The lowest BCUT2D eigenvalue weighted by Gasteiger charge is -2.29. The van der Waals surface area contributed by atoms with E-state index in [0.717, 1.165) is 48.1 Å². The summed E-state index contributed by atoms with van der Waals surface area (Å²) in [5, 5.41) is 12.9. The van der Waals surface area contributed by atoms with Gasteiger partial charge in [-0.3, -0.25) is 4.79 Å². The number of nitrogens with one attached hydrogen (secondary N) is 1. The van der Waals surface area contributed by atoms with Crippen LogP contribution in [0.15, 0.2) is 42.6 Å². The largest absolute Gasteiger partial charge is 0.507 e. The number of ether oxygens (including phenoxy) is 1. The molecule has 196 valence electrons. The van der Waals surface area contributed by atoms with Crippen molar-refractivity contribution in [2.45, 2.75) is 66.2 Å². The van der Waals surface area contributed by atoms with E-state index in [4.69, 9.17) is 4.74 Å². The quantitative estimate of drug-likeness (QED) is 0.312. The second-order valence-electron chi connectivity index (χ2n) is 10.9. The number of carbonyl (C=O) groups excluding carboxylic acids is 1. The van der Waals surface area contributed by atoms with E-state index >= 15 is 0 Å². The molecule has 0 radical (unpaired) electrons. The smallest absolute Gasteiger partial charge is 0.255 e. The summed E-state index contributed by atoms with van der Waals surface area (Å²) < 4.78 is 19.9. The molecule has 6 heteroatoms. The highest BCUT2D eigenvalue weighted by molar-refractivity contribution is 5.96. The van der Waals surface area contributed by atoms with Crippen molar-refractivity contribution in [3.8, 4) is 22.6 Å². The number of phenols is 1. The molecule has 1 unspecified atom stereocenters. The van der Waals surface area contributed by atoms with Crippen molar-refractivity contribution in [1.82, 2.24) is 10.3 Å². The van der Waals surface area contributed by atoms with Gasteiger partial charge >= 0.3 is 0 Å². The Morgan fingerprint density at radius 1 is 1.19 bits per heavy atom. The number of aromatic hydroxyl groups is 1. The van der Waals surface area contributed by atoms with Crippen LogP contribution in [0.3, 0.4) is 0 Å². The number of halogens is 1. The summed E-state index contributed by atoms with van der Waals surface area (Å²) in [5.41, 5.74) is 7.00. The number of benzene rings is 2. The standard InChI is InChI=1S/C31H37FN2O3/c1-6-9-22-18-37-29-27(21-12-13-26(32)34-17-21)19(2)24(20(3)28(22)29)16-31(4,5)14-15-33-30(36)23-10-7-8-11-25(23)35/h7-8,10-13,17,22,35H,6,9,14-16,18H2,1-5H3,(H,33,36). The second-order valence-corrected chi connectivity index (χ2v) is 10.9. The van der Waals surface area contributed by atoms with Crippen LogP contribution < -0.4 is 10.1 Å². The van der Waals surface area contributed by atoms with Gasteiger partial charge in [0.2, 0.25) is 5.95 Å². The molecule has 1 amide bonds. The van der Waals surface area contributed by atoms with Crippen LogP contribution in [0.25, 0.3) is 11.1 Å². The van der Waals surface area contributed by atoms with E-state index < -0.39 is 5.95 Å². The van der Waals surface area contributed by atoms with Crippen molar-refractivity contribution in [2.75, 3.05) is 13.2 Å². The molecule has 0 saturated carbocycles. The number of fused-ring (bicyclic) bond motifs is 1. The van der Waals surface area contributed by atoms with Gasteiger partial charge < -0.3 is 15.2 Å². The zero-order valence-corrected chi connectivity index (χ0v) is 22.5. The maximum atomic E-state index is 13.6. The monoisotopic (exact) mass is 504 g/mol. The van der Waals surface area contributed by atoms with E-state index in [2.05, 4.69) is 44.9 Å². The van der Waals surface area contributed by atoms with Crippen molar-refractivity contribution in [1.29, 1.82) is 0 Å². The molecule has 0 fully saturated rings. The average Bonchev–Trinajstić information content (AvgIpc) is 3.26. The van der Waals surface area contributed by atoms with Gasteiger partial charge in [-0.25, -0.2) is 4.98 Å². The predicted octanol–water partition coefficient (Wildman–Crippen LogP) is 6.88. The summed E-state index contributed by atoms with van der Waals surface area (Å²) in [6.07, 6.45) is 5.31. The van der Waals surface area contributed by atoms with Gasteiger partial charge in [-0.2, -0.15) is 4.39 Å². The first-order chi connectivity index (χ1) is 17.6. The molecular formula is C31H37FN2O3. The lowest BCUT2D eigenvalue weighted by molar-refractivity contribution is 0.0946. The molecule has 0 saturated heterocycles. The summed E-state index contributed by atoms with van der Waals surface area (Å²) in [6.45, 7) is 12.1. The minimum Gasteiger partial charge on any atom is -0.507 e. The molecule has 2 N–H and O–H groups in total. The first kappa shape index (κ1) is 26.6. The number of phenolic OH excluding ortho intramolecular Hbond substituents is 1. The molecular weight excluding hydrogens is 467 g/mol. The Bertz CT molecular complexity index is 1280. The van der Waals surface area contributed by atoms with Crippen LogP contribution in [-0.4, -0.2) is 29.1 Å². The summed E-state index contributed by atoms with van der Waals surface area (Å²) >= 11 is 0. The third-order valence-electron chi connectivity index (χ3n) is 7.54. The normalized spacial score (nSPS) is 14.8. The van der Waals surface area contributed by atoms with Crippen LogP contribution in [0, 0.1) is 25.2 Å². The number of para-hydroxylation sites is 1. The number of hydrogen-bond acceptors (Lipinski definition) is 4. The first-order valence-corrected chi connectivity index (χ1v) is 13.1.